The minimum absolute atomic E-state index is 0.0382. The Labute approximate surface area is 110 Å². The average molecular weight is 273 g/mol. The minimum atomic E-state index is -0.872. The first-order valence-corrected chi connectivity index (χ1v) is 6.16. The molecule has 1 rings (SSSR count). The van der Waals surface area contributed by atoms with Crippen molar-refractivity contribution >= 4 is 18.1 Å². The number of carbonyl (C=O) groups is 3. The number of carboxylic acid groups (broad SMARTS) is 1. The molecule has 108 valence electrons. The number of piperidine rings is 1. The Balaban J connectivity index is 2.18. The lowest BCUT2D eigenvalue weighted by atomic mass is 9.94. The highest BCUT2D eigenvalue weighted by molar-refractivity contribution is 5.74. The van der Waals surface area contributed by atoms with Crippen LogP contribution in [0, 0.1) is 5.92 Å². The number of primary amides is 1. The van der Waals surface area contributed by atoms with Crippen molar-refractivity contribution in [3.8, 4) is 0 Å². The molecule has 1 saturated heterocycles. The van der Waals surface area contributed by atoms with Crippen LogP contribution in [0.4, 0.5) is 9.59 Å². The third-order valence-corrected chi connectivity index (χ3v) is 2.99. The van der Waals surface area contributed by atoms with Gasteiger partial charge in [0.1, 0.15) is 6.61 Å². The maximum Gasteiger partial charge on any atom is 0.404 e. The van der Waals surface area contributed by atoms with E-state index in [0.717, 1.165) is 0 Å². The number of aliphatic carboxylic acids is 1. The van der Waals surface area contributed by atoms with Crippen LogP contribution < -0.4 is 11.1 Å². The summed E-state index contributed by atoms with van der Waals surface area (Å²) in [5.41, 5.74) is 4.77. The zero-order valence-electron chi connectivity index (χ0n) is 10.6. The first kappa shape index (κ1) is 15.1. The van der Waals surface area contributed by atoms with E-state index in [-0.39, 0.29) is 31.5 Å². The molecule has 3 amide bonds. The van der Waals surface area contributed by atoms with Crippen molar-refractivity contribution < 1.29 is 24.2 Å². The SMILES string of the molecule is NC(=O)OCCNC(=O)N1CCC(CC(=O)O)CC1. The summed E-state index contributed by atoms with van der Waals surface area (Å²) in [6, 6.07) is -0.234. The molecule has 0 bridgehead atoms. The molecule has 0 aromatic rings. The Morgan fingerprint density at radius 3 is 2.47 bits per heavy atom. The van der Waals surface area contributed by atoms with E-state index in [0.29, 0.717) is 25.9 Å². The number of carboxylic acids is 1. The number of urea groups is 1. The Morgan fingerprint density at radius 1 is 1.32 bits per heavy atom. The molecule has 8 heteroatoms. The predicted octanol–water partition coefficient (Wildman–Crippen LogP) is -0.0220. The molecule has 8 nitrogen and oxygen atoms in total. The highest BCUT2D eigenvalue weighted by atomic mass is 16.5. The second-order valence-electron chi connectivity index (χ2n) is 4.43. The summed E-state index contributed by atoms with van der Waals surface area (Å²) >= 11 is 0. The van der Waals surface area contributed by atoms with Crippen LogP contribution in [-0.2, 0) is 9.53 Å². The fraction of sp³-hybridized carbons (Fsp3) is 0.727. The molecule has 4 N–H and O–H groups in total. The van der Waals surface area contributed by atoms with Gasteiger partial charge in [-0.05, 0) is 18.8 Å². The number of ether oxygens (including phenoxy) is 1. The Hall–Kier alpha value is -1.99. The molecular formula is C11H19N3O5. The van der Waals surface area contributed by atoms with Crippen LogP contribution in [0.3, 0.4) is 0 Å². The topological polar surface area (TPSA) is 122 Å². The van der Waals surface area contributed by atoms with Crippen molar-refractivity contribution in [2.45, 2.75) is 19.3 Å². The van der Waals surface area contributed by atoms with Gasteiger partial charge in [-0.15, -0.1) is 0 Å². The molecule has 0 aromatic heterocycles. The summed E-state index contributed by atoms with van der Waals surface area (Å²) in [6.45, 7) is 1.33. The molecule has 0 aromatic carbocycles. The van der Waals surface area contributed by atoms with Crippen LogP contribution in [0.15, 0.2) is 0 Å². The summed E-state index contributed by atoms with van der Waals surface area (Å²) in [4.78, 5) is 34.2. The van der Waals surface area contributed by atoms with Crippen molar-refractivity contribution in [3.63, 3.8) is 0 Å². The van der Waals surface area contributed by atoms with Crippen molar-refractivity contribution in [2.75, 3.05) is 26.2 Å². The fourth-order valence-corrected chi connectivity index (χ4v) is 2.01. The van der Waals surface area contributed by atoms with E-state index in [9.17, 15) is 14.4 Å². The zero-order chi connectivity index (χ0) is 14.3. The van der Waals surface area contributed by atoms with Gasteiger partial charge in [-0.3, -0.25) is 4.79 Å². The van der Waals surface area contributed by atoms with Crippen LogP contribution in [-0.4, -0.2) is 54.3 Å². The number of hydrogen-bond acceptors (Lipinski definition) is 4. The normalized spacial score (nSPS) is 15.9. The van der Waals surface area contributed by atoms with Crippen LogP contribution in [0.25, 0.3) is 0 Å². The Bertz CT molecular complexity index is 339. The number of hydrogen-bond donors (Lipinski definition) is 3. The largest absolute Gasteiger partial charge is 0.481 e. The van der Waals surface area contributed by atoms with Crippen molar-refractivity contribution in [1.82, 2.24) is 10.2 Å². The molecule has 0 aliphatic carbocycles. The van der Waals surface area contributed by atoms with Crippen molar-refractivity contribution in [2.24, 2.45) is 11.7 Å². The lowest BCUT2D eigenvalue weighted by Crippen LogP contribution is -2.45. The number of nitrogens with one attached hydrogen (secondary N) is 1. The molecule has 1 fully saturated rings. The van der Waals surface area contributed by atoms with Gasteiger partial charge in [0.05, 0.1) is 6.54 Å². The summed E-state index contributed by atoms with van der Waals surface area (Å²) in [7, 11) is 0. The van der Waals surface area contributed by atoms with Crippen LogP contribution >= 0.6 is 0 Å². The molecule has 1 aliphatic heterocycles. The minimum Gasteiger partial charge on any atom is -0.481 e. The summed E-state index contributed by atoms with van der Waals surface area (Å²) in [5, 5.41) is 11.3. The number of carbonyl (C=O) groups excluding carboxylic acids is 2. The fourth-order valence-electron chi connectivity index (χ4n) is 2.01. The van der Waals surface area contributed by atoms with Gasteiger partial charge < -0.3 is 25.8 Å². The van der Waals surface area contributed by atoms with Gasteiger partial charge in [0.15, 0.2) is 0 Å². The second-order valence-corrected chi connectivity index (χ2v) is 4.43. The average Bonchev–Trinajstić information content (AvgIpc) is 2.34. The number of amides is 3. The third-order valence-electron chi connectivity index (χ3n) is 2.99. The monoisotopic (exact) mass is 273 g/mol. The van der Waals surface area contributed by atoms with Crippen molar-refractivity contribution in [1.29, 1.82) is 0 Å². The van der Waals surface area contributed by atoms with E-state index < -0.39 is 12.1 Å². The van der Waals surface area contributed by atoms with Crippen LogP contribution in [0.5, 0.6) is 0 Å². The molecule has 0 radical (unpaired) electrons. The van der Waals surface area contributed by atoms with Crippen LogP contribution in [0.1, 0.15) is 19.3 Å². The third kappa shape index (κ3) is 5.94. The Morgan fingerprint density at radius 2 is 1.95 bits per heavy atom. The maximum absolute atomic E-state index is 11.7. The lowest BCUT2D eigenvalue weighted by molar-refractivity contribution is -0.138. The first-order valence-electron chi connectivity index (χ1n) is 6.16. The molecule has 0 unspecified atom stereocenters. The van der Waals surface area contributed by atoms with Gasteiger partial charge in [0.2, 0.25) is 0 Å². The van der Waals surface area contributed by atoms with Crippen LogP contribution in [0.2, 0.25) is 0 Å². The lowest BCUT2D eigenvalue weighted by Gasteiger charge is -2.31. The standard InChI is InChI=1S/C11H19N3O5/c12-10(17)19-6-3-13-11(18)14-4-1-8(2-5-14)7-9(15)16/h8H,1-7H2,(H2,12,17)(H,13,18)(H,15,16). The molecule has 19 heavy (non-hydrogen) atoms. The number of likely N-dealkylation sites (tertiary alicyclic amines) is 1. The van der Waals surface area contributed by atoms with E-state index in [1.165, 1.54) is 0 Å². The van der Waals surface area contributed by atoms with Gasteiger partial charge in [-0.25, -0.2) is 9.59 Å². The van der Waals surface area contributed by atoms with Gasteiger partial charge in [-0.1, -0.05) is 0 Å². The van der Waals surface area contributed by atoms with Gasteiger partial charge in [0, 0.05) is 19.5 Å². The van der Waals surface area contributed by atoms with Gasteiger partial charge in [0.25, 0.3) is 0 Å². The van der Waals surface area contributed by atoms with E-state index in [2.05, 4.69) is 10.1 Å². The van der Waals surface area contributed by atoms with E-state index in [1.54, 1.807) is 4.90 Å². The van der Waals surface area contributed by atoms with E-state index in [4.69, 9.17) is 10.8 Å². The van der Waals surface area contributed by atoms with E-state index >= 15 is 0 Å². The molecule has 1 aliphatic rings. The first-order chi connectivity index (χ1) is 8.99. The Kier molecular flexibility index (Phi) is 5.91. The molecule has 0 saturated carbocycles. The highest BCUT2D eigenvalue weighted by Crippen LogP contribution is 2.20. The maximum atomic E-state index is 11.7. The van der Waals surface area contributed by atoms with Gasteiger partial charge >= 0.3 is 18.1 Å². The zero-order valence-corrected chi connectivity index (χ0v) is 10.6. The predicted molar refractivity (Wildman–Crippen MR) is 65.5 cm³/mol. The highest BCUT2D eigenvalue weighted by Gasteiger charge is 2.23. The molecular weight excluding hydrogens is 254 g/mol. The smallest absolute Gasteiger partial charge is 0.404 e. The molecule has 1 heterocycles. The van der Waals surface area contributed by atoms with Crippen molar-refractivity contribution in [3.05, 3.63) is 0 Å². The summed E-state index contributed by atoms with van der Waals surface area (Å²) < 4.78 is 4.48. The summed E-state index contributed by atoms with van der Waals surface area (Å²) in [6.07, 6.45) is 0.667. The number of nitrogens with zero attached hydrogens (tertiary/aromatic N) is 1. The quantitative estimate of drug-likeness (QED) is 0.607. The van der Waals surface area contributed by atoms with Gasteiger partial charge in [-0.2, -0.15) is 0 Å². The summed E-state index contributed by atoms with van der Waals surface area (Å²) in [5.74, 6) is -0.661. The number of nitrogens with two attached hydrogens (primary N) is 1. The molecule has 0 spiro atoms. The second kappa shape index (κ2) is 7.45. The molecule has 0 atom stereocenters. The number of rotatable bonds is 5. The van der Waals surface area contributed by atoms with E-state index in [1.807, 2.05) is 0 Å².